The minimum absolute atomic E-state index is 0.0930. The minimum atomic E-state index is 0.0930. The van der Waals surface area contributed by atoms with E-state index in [1.807, 2.05) is 43.3 Å². The molecule has 2 aromatic carbocycles. The maximum absolute atomic E-state index is 12.3. The van der Waals surface area contributed by atoms with Crippen molar-refractivity contribution in [2.75, 3.05) is 19.0 Å². The summed E-state index contributed by atoms with van der Waals surface area (Å²) in [5.41, 5.74) is 0.709. The van der Waals surface area contributed by atoms with Gasteiger partial charge >= 0.3 is 0 Å². The molecule has 0 aliphatic heterocycles. The highest BCUT2D eigenvalue weighted by Gasteiger charge is 2.08. The summed E-state index contributed by atoms with van der Waals surface area (Å²) in [5.74, 6) is 2.30. The van der Waals surface area contributed by atoms with Crippen molar-refractivity contribution in [2.24, 2.45) is 0 Å². The first-order valence-electron chi connectivity index (χ1n) is 7.44. The summed E-state index contributed by atoms with van der Waals surface area (Å²) in [7, 11) is 1.64. The third-order valence-electron chi connectivity index (χ3n) is 3.66. The molecule has 5 nitrogen and oxygen atoms in total. The van der Waals surface area contributed by atoms with E-state index in [0.717, 1.165) is 22.3 Å². The van der Waals surface area contributed by atoms with Crippen LogP contribution in [0.15, 0.2) is 47.0 Å². The largest absolute Gasteiger partial charge is 0.497 e. The number of hydrogen-bond acceptors (Lipinski definition) is 5. The molecule has 118 valence electrons. The van der Waals surface area contributed by atoms with Gasteiger partial charge in [0, 0.05) is 24.6 Å². The van der Waals surface area contributed by atoms with Crippen molar-refractivity contribution >= 4 is 22.4 Å². The van der Waals surface area contributed by atoms with Crippen molar-refractivity contribution in [2.45, 2.75) is 13.3 Å². The van der Waals surface area contributed by atoms with Gasteiger partial charge < -0.3 is 14.6 Å². The molecule has 0 aliphatic rings. The van der Waals surface area contributed by atoms with E-state index in [0.29, 0.717) is 24.3 Å². The summed E-state index contributed by atoms with van der Waals surface area (Å²) >= 11 is 0. The number of nitrogens with one attached hydrogen (secondary N) is 1. The Bertz CT molecular complexity index is 839. The van der Waals surface area contributed by atoms with Gasteiger partial charge in [0.15, 0.2) is 11.6 Å². The highest BCUT2D eigenvalue weighted by atomic mass is 16.5. The van der Waals surface area contributed by atoms with Crippen LogP contribution in [0, 0.1) is 6.92 Å². The van der Waals surface area contributed by atoms with Crippen molar-refractivity contribution in [1.82, 2.24) is 5.16 Å². The van der Waals surface area contributed by atoms with E-state index < -0.39 is 0 Å². The number of nitrogens with zero attached hydrogens (tertiary/aromatic N) is 1. The molecule has 0 saturated carbocycles. The molecule has 0 atom stereocenters. The first kappa shape index (κ1) is 15.1. The molecule has 0 bridgehead atoms. The number of anilines is 1. The molecule has 0 unspecified atom stereocenters. The van der Waals surface area contributed by atoms with E-state index in [9.17, 15) is 4.79 Å². The van der Waals surface area contributed by atoms with Gasteiger partial charge in [-0.05, 0) is 35.9 Å². The summed E-state index contributed by atoms with van der Waals surface area (Å²) in [4.78, 5) is 12.3. The summed E-state index contributed by atoms with van der Waals surface area (Å²) in [6.45, 7) is 2.35. The lowest BCUT2D eigenvalue weighted by molar-refractivity contribution is 0.0986. The first-order chi connectivity index (χ1) is 11.2. The van der Waals surface area contributed by atoms with Crippen LogP contribution in [0.4, 0.5) is 5.82 Å². The number of carbonyl (C=O) groups is 1. The number of ether oxygens (including phenoxy) is 1. The average Bonchev–Trinajstić information content (AvgIpc) is 2.99. The molecule has 0 saturated heterocycles. The van der Waals surface area contributed by atoms with Gasteiger partial charge in [0.05, 0.1) is 7.11 Å². The predicted molar refractivity (Wildman–Crippen MR) is 89.2 cm³/mol. The molecule has 0 fully saturated rings. The van der Waals surface area contributed by atoms with Crippen molar-refractivity contribution in [3.63, 3.8) is 0 Å². The fourth-order valence-corrected chi connectivity index (χ4v) is 2.42. The van der Waals surface area contributed by atoms with E-state index in [2.05, 4.69) is 10.5 Å². The van der Waals surface area contributed by atoms with Crippen molar-refractivity contribution in [3.05, 3.63) is 53.8 Å². The Hall–Kier alpha value is -2.82. The maximum atomic E-state index is 12.3. The molecule has 1 N–H and O–H groups in total. The zero-order valence-corrected chi connectivity index (χ0v) is 13.1. The van der Waals surface area contributed by atoms with Crippen LogP contribution in [-0.2, 0) is 0 Å². The topological polar surface area (TPSA) is 64.4 Å². The average molecular weight is 310 g/mol. The number of aromatic nitrogens is 1. The Morgan fingerprint density at radius 1 is 1.17 bits per heavy atom. The number of benzene rings is 2. The number of rotatable bonds is 6. The number of ketones is 1. The van der Waals surface area contributed by atoms with Crippen molar-refractivity contribution in [1.29, 1.82) is 0 Å². The highest BCUT2D eigenvalue weighted by Crippen LogP contribution is 2.22. The Labute approximate surface area is 134 Å². The van der Waals surface area contributed by atoms with Gasteiger partial charge in [-0.1, -0.05) is 23.4 Å². The number of fused-ring (bicyclic) bond motifs is 1. The predicted octanol–water partition coefficient (Wildman–Crippen LogP) is 3.83. The number of methoxy groups -OCH3 is 1. The fraction of sp³-hybridized carbons (Fsp3) is 0.222. The molecule has 1 heterocycles. The standard InChI is InChI=1S/C18H18N2O3/c1-12-9-18(20-23-12)19-8-7-17(21)15-4-3-14-11-16(22-2)6-5-13(14)10-15/h3-6,9-11H,7-8H2,1-2H3,(H,19,20). The van der Waals surface area contributed by atoms with Gasteiger partial charge in [0.25, 0.3) is 0 Å². The van der Waals surface area contributed by atoms with Gasteiger partial charge in [-0.25, -0.2) is 0 Å². The second-order valence-corrected chi connectivity index (χ2v) is 5.35. The second kappa shape index (κ2) is 6.52. The lowest BCUT2D eigenvalue weighted by Gasteiger charge is -2.06. The van der Waals surface area contributed by atoms with Crippen LogP contribution in [0.5, 0.6) is 5.75 Å². The normalized spacial score (nSPS) is 10.7. The van der Waals surface area contributed by atoms with Crippen LogP contribution < -0.4 is 10.1 Å². The van der Waals surface area contributed by atoms with Gasteiger partial charge in [0.1, 0.15) is 11.5 Å². The third-order valence-corrected chi connectivity index (χ3v) is 3.66. The van der Waals surface area contributed by atoms with E-state index in [-0.39, 0.29) is 5.78 Å². The molecular formula is C18H18N2O3. The summed E-state index contributed by atoms with van der Waals surface area (Å²) in [5, 5.41) is 8.99. The Balaban J connectivity index is 1.65. The van der Waals surface area contributed by atoms with E-state index in [1.54, 1.807) is 13.2 Å². The number of hydrogen-bond donors (Lipinski definition) is 1. The van der Waals surface area contributed by atoms with Crippen LogP contribution in [-0.4, -0.2) is 24.6 Å². The Kier molecular flexibility index (Phi) is 4.28. The first-order valence-corrected chi connectivity index (χ1v) is 7.44. The van der Waals surface area contributed by atoms with E-state index in [4.69, 9.17) is 9.26 Å². The molecule has 23 heavy (non-hydrogen) atoms. The zero-order valence-electron chi connectivity index (χ0n) is 13.1. The Morgan fingerprint density at radius 2 is 1.96 bits per heavy atom. The number of carbonyl (C=O) groups excluding carboxylic acids is 1. The van der Waals surface area contributed by atoms with Gasteiger partial charge in [-0.3, -0.25) is 4.79 Å². The second-order valence-electron chi connectivity index (χ2n) is 5.35. The van der Waals surface area contributed by atoms with Gasteiger partial charge in [-0.15, -0.1) is 0 Å². The molecule has 0 amide bonds. The van der Waals surface area contributed by atoms with Gasteiger partial charge in [0.2, 0.25) is 0 Å². The van der Waals surface area contributed by atoms with Crippen LogP contribution in [0.25, 0.3) is 10.8 Å². The zero-order chi connectivity index (χ0) is 16.2. The molecule has 5 heteroatoms. The van der Waals surface area contributed by atoms with Crippen LogP contribution in [0.1, 0.15) is 22.5 Å². The molecular weight excluding hydrogens is 292 g/mol. The monoisotopic (exact) mass is 310 g/mol. The van der Waals surface area contributed by atoms with Crippen LogP contribution in [0.2, 0.25) is 0 Å². The summed E-state index contributed by atoms with van der Waals surface area (Å²) in [6.07, 6.45) is 0.396. The maximum Gasteiger partial charge on any atom is 0.169 e. The fourth-order valence-electron chi connectivity index (χ4n) is 2.42. The highest BCUT2D eigenvalue weighted by molar-refractivity contribution is 6.00. The Morgan fingerprint density at radius 3 is 2.70 bits per heavy atom. The lowest BCUT2D eigenvalue weighted by atomic mass is 10.0. The molecule has 3 aromatic rings. The summed E-state index contributed by atoms with van der Waals surface area (Å²) < 4.78 is 10.2. The quantitative estimate of drug-likeness (QED) is 0.701. The van der Waals surface area contributed by atoms with Crippen LogP contribution >= 0.6 is 0 Å². The third kappa shape index (κ3) is 3.51. The lowest BCUT2D eigenvalue weighted by Crippen LogP contribution is -2.09. The smallest absolute Gasteiger partial charge is 0.169 e. The number of aryl methyl sites for hydroxylation is 1. The SMILES string of the molecule is COc1ccc2cc(C(=O)CCNc3cc(C)on3)ccc2c1. The molecule has 0 spiro atoms. The number of Topliss-reactive ketones (excluding diaryl/α,β-unsaturated/α-hetero) is 1. The van der Waals surface area contributed by atoms with Crippen molar-refractivity contribution in [3.8, 4) is 5.75 Å². The molecule has 0 aliphatic carbocycles. The van der Waals surface area contributed by atoms with E-state index >= 15 is 0 Å². The van der Waals surface area contributed by atoms with E-state index in [1.165, 1.54) is 0 Å². The molecule has 1 aromatic heterocycles. The molecule has 3 rings (SSSR count). The van der Waals surface area contributed by atoms with Crippen molar-refractivity contribution < 1.29 is 14.1 Å². The molecule has 0 radical (unpaired) electrons. The van der Waals surface area contributed by atoms with Gasteiger partial charge in [-0.2, -0.15) is 0 Å². The minimum Gasteiger partial charge on any atom is -0.497 e. The summed E-state index contributed by atoms with van der Waals surface area (Å²) in [6, 6.07) is 13.3. The van der Waals surface area contributed by atoms with Crippen LogP contribution in [0.3, 0.4) is 0 Å².